The van der Waals surface area contributed by atoms with Crippen molar-refractivity contribution in [3.63, 3.8) is 0 Å². The van der Waals surface area contributed by atoms with Crippen molar-refractivity contribution in [2.75, 3.05) is 13.2 Å². The van der Waals surface area contributed by atoms with E-state index in [1.54, 1.807) is 20.8 Å². The Kier molecular flexibility index (Phi) is 6.12. The van der Waals surface area contributed by atoms with Gasteiger partial charge < -0.3 is 20.3 Å². The lowest BCUT2D eigenvalue weighted by Gasteiger charge is -2.43. The Bertz CT molecular complexity index is 1080. The maximum Gasteiger partial charge on any atom is 0.411 e. The molecule has 1 saturated heterocycles. The van der Waals surface area contributed by atoms with Crippen LogP contribution < -0.4 is 5.73 Å². The van der Waals surface area contributed by atoms with Gasteiger partial charge in [-0.3, -0.25) is 14.5 Å². The number of nitrogens with two attached hydrogens (primary N) is 1. The fourth-order valence-electron chi connectivity index (χ4n) is 4.88. The van der Waals surface area contributed by atoms with Gasteiger partial charge in [-0.2, -0.15) is 0 Å². The number of aliphatic carboxylic acids is 1. The molecule has 1 amide bonds. The molecule has 2 aromatic rings. The molecular weight excluding hydrogens is 436 g/mol. The fourth-order valence-corrected chi connectivity index (χ4v) is 4.88. The molecule has 34 heavy (non-hydrogen) atoms. The SMILES string of the molecule is CC(C)(C)OC(=O)[C@@]1(C(=O)O)CCCN(C(=O)OCC2c3ccccc3-c3ccccc32)[C@H]1N. The predicted octanol–water partition coefficient (Wildman–Crippen LogP) is 3.73. The molecule has 1 aliphatic carbocycles. The Morgan fingerprint density at radius 3 is 2.15 bits per heavy atom. The van der Waals surface area contributed by atoms with Crippen molar-refractivity contribution in [1.29, 1.82) is 0 Å². The summed E-state index contributed by atoms with van der Waals surface area (Å²) in [6.45, 7) is 5.21. The van der Waals surface area contributed by atoms with Crippen LogP contribution in [-0.4, -0.2) is 53.0 Å². The molecule has 3 N–H and O–H groups in total. The van der Waals surface area contributed by atoms with Gasteiger partial charge in [0, 0.05) is 12.5 Å². The minimum atomic E-state index is -2.06. The third kappa shape index (κ3) is 4.03. The zero-order valence-corrected chi connectivity index (χ0v) is 19.6. The standard InChI is InChI=1S/C26H30N2O6/c1-25(2,3)34-23(31)26(22(29)30)13-8-14-28(21(26)27)24(32)33-15-20-18-11-6-4-9-16(18)17-10-5-7-12-19(17)20/h4-7,9-12,20-21H,8,13-15,27H2,1-3H3,(H,29,30)/t21-,26+/m1/s1. The van der Waals surface area contributed by atoms with Gasteiger partial charge in [0.2, 0.25) is 0 Å². The number of likely N-dealkylation sites (tertiary alicyclic amines) is 1. The number of hydrogen-bond donors (Lipinski definition) is 2. The molecule has 180 valence electrons. The number of hydrogen-bond acceptors (Lipinski definition) is 6. The average molecular weight is 467 g/mol. The number of carboxylic acids is 1. The number of benzene rings is 2. The molecule has 0 unspecified atom stereocenters. The van der Waals surface area contributed by atoms with Crippen molar-refractivity contribution < 1.29 is 29.0 Å². The van der Waals surface area contributed by atoms with Crippen LogP contribution in [0.2, 0.25) is 0 Å². The summed E-state index contributed by atoms with van der Waals surface area (Å²) >= 11 is 0. The summed E-state index contributed by atoms with van der Waals surface area (Å²) in [7, 11) is 0. The first-order valence-electron chi connectivity index (χ1n) is 11.4. The number of rotatable bonds is 4. The first-order chi connectivity index (χ1) is 16.1. The van der Waals surface area contributed by atoms with Gasteiger partial charge in [0.1, 0.15) is 18.4 Å². The maximum absolute atomic E-state index is 13.1. The molecule has 1 fully saturated rings. The number of nitrogens with zero attached hydrogens (tertiary/aromatic N) is 1. The van der Waals surface area contributed by atoms with Gasteiger partial charge in [0.05, 0.1) is 0 Å². The van der Waals surface area contributed by atoms with Crippen LogP contribution in [0.15, 0.2) is 48.5 Å². The monoisotopic (exact) mass is 466 g/mol. The molecule has 2 aliphatic rings. The van der Waals surface area contributed by atoms with Gasteiger partial charge in [-0.1, -0.05) is 48.5 Å². The van der Waals surface area contributed by atoms with Gasteiger partial charge in [0.15, 0.2) is 5.41 Å². The number of fused-ring (bicyclic) bond motifs is 3. The lowest BCUT2D eigenvalue weighted by molar-refractivity contribution is -0.185. The Morgan fingerprint density at radius 1 is 1.06 bits per heavy atom. The molecule has 1 aliphatic heterocycles. The number of esters is 1. The van der Waals surface area contributed by atoms with E-state index in [4.69, 9.17) is 15.2 Å². The summed E-state index contributed by atoms with van der Waals surface area (Å²) in [5, 5.41) is 9.99. The molecule has 8 heteroatoms. The average Bonchev–Trinajstić information content (AvgIpc) is 3.10. The first-order valence-corrected chi connectivity index (χ1v) is 11.4. The van der Waals surface area contributed by atoms with Crippen molar-refractivity contribution in [3.05, 3.63) is 59.7 Å². The van der Waals surface area contributed by atoms with Gasteiger partial charge in [0.25, 0.3) is 0 Å². The van der Waals surface area contributed by atoms with E-state index in [1.807, 2.05) is 48.5 Å². The van der Waals surface area contributed by atoms with E-state index in [2.05, 4.69) is 0 Å². The van der Waals surface area contributed by atoms with Crippen molar-refractivity contribution in [3.8, 4) is 11.1 Å². The molecule has 0 radical (unpaired) electrons. The Hall–Kier alpha value is -3.39. The topological polar surface area (TPSA) is 119 Å². The van der Waals surface area contributed by atoms with E-state index < -0.39 is 35.2 Å². The number of piperidine rings is 1. The van der Waals surface area contributed by atoms with Crippen LogP contribution in [0.5, 0.6) is 0 Å². The van der Waals surface area contributed by atoms with E-state index in [9.17, 15) is 19.5 Å². The van der Waals surface area contributed by atoms with Crippen LogP contribution in [0.3, 0.4) is 0 Å². The summed E-state index contributed by atoms with van der Waals surface area (Å²) in [6.07, 6.45) is -1.90. The highest BCUT2D eigenvalue weighted by atomic mass is 16.6. The number of carboxylic acid groups (broad SMARTS) is 1. The smallest absolute Gasteiger partial charge is 0.411 e. The molecule has 8 nitrogen and oxygen atoms in total. The number of carbonyl (C=O) groups is 3. The predicted molar refractivity (Wildman–Crippen MR) is 125 cm³/mol. The molecule has 2 atom stereocenters. The molecule has 1 heterocycles. The van der Waals surface area contributed by atoms with Crippen LogP contribution in [0.1, 0.15) is 50.7 Å². The van der Waals surface area contributed by atoms with E-state index in [-0.39, 0.29) is 31.9 Å². The second kappa shape index (κ2) is 8.76. The van der Waals surface area contributed by atoms with Gasteiger partial charge in [-0.05, 0) is 55.9 Å². The lowest BCUT2D eigenvalue weighted by Crippen LogP contribution is -2.66. The third-order valence-electron chi connectivity index (χ3n) is 6.53. The van der Waals surface area contributed by atoms with Gasteiger partial charge in [-0.15, -0.1) is 0 Å². The molecule has 0 spiro atoms. The summed E-state index contributed by atoms with van der Waals surface area (Å²) < 4.78 is 11.0. The Morgan fingerprint density at radius 2 is 1.62 bits per heavy atom. The molecule has 4 rings (SSSR count). The Balaban J connectivity index is 1.54. The summed E-state index contributed by atoms with van der Waals surface area (Å²) in [5.74, 6) is -2.51. The van der Waals surface area contributed by atoms with Gasteiger partial charge >= 0.3 is 18.0 Å². The van der Waals surface area contributed by atoms with E-state index >= 15 is 0 Å². The van der Waals surface area contributed by atoms with Crippen LogP contribution in [0.4, 0.5) is 4.79 Å². The molecule has 0 bridgehead atoms. The third-order valence-corrected chi connectivity index (χ3v) is 6.53. The van der Waals surface area contributed by atoms with Crippen LogP contribution >= 0.6 is 0 Å². The largest absolute Gasteiger partial charge is 0.480 e. The van der Waals surface area contributed by atoms with E-state index in [0.29, 0.717) is 0 Å². The van der Waals surface area contributed by atoms with Crippen LogP contribution in [-0.2, 0) is 19.1 Å². The summed E-state index contributed by atoms with van der Waals surface area (Å²) in [5.41, 5.74) is 7.63. The minimum absolute atomic E-state index is 0.0223. The fraction of sp³-hybridized carbons (Fsp3) is 0.423. The zero-order chi connectivity index (χ0) is 24.7. The molecule has 0 aromatic heterocycles. The second-order valence-electron chi connectivity index (χ2n) is 9.82. The summed E-state index contributed by atoms with van der Waals surface area (Å²) in [4.78, 5) is 39.4. The van der Waals surface area contributed by atoms with E-state index in [0.717, 1.165) is 27.2 Å². The van der Waals surface area contributed by atoms with Gasteiger partial charge in [-0.25, -0.2) is 4.79 Å². The van der Waals surface area contributed by atoms with Crippen LogP contribution in [0.25, 0.3) is 11.1 Å². The van der Waals surface area contributed by atoms with Crippen molar-refractivity contribution in [1.82, 2.24) is 4.90 Å². The van der Waals surface area contributed by atoms with Crippen molar-refractivity contribution in [2.24, 2.45) is 11.1 Å². The van der Waals surface area contributed by atoms with Crippen LogP contribution in [0, 0.1) is 5.41 Å². The zero-order valence-electron chi connectivity index (χ0n) is 19.6. The number of amides is 1. The van der Waals surface area contributed by atoms with Crippen molar-refractivity contribution >= 4 is 18.0 Å². The van der Waals surface area contributed by atoms with E-state index in [1.165, 1.54) is 0 Å². The minimum Gasteiger partial charge on any atom is -0.480 e. The quantitative estimate of drug-likeness (QED) is 0.520. The number of ether oxygens (including phenoxy) is 2. The molecule has 0 saturated carbocycles. The Labute approximate surface area is 198 Å². The first kappa shape index (κ1) is 23.8. The summed E-state index contributed by atoms with van der Waals surface area (Å²) in [6, 6.07) is 15.9. The molecule has 2 aromatic carbocycles. The number of carbonyl (C=O) groups excluding carboxylic acids is 2. The highest BCUT2D eigenvalue weighted by Crippen LogP contribution is 2.45. The highest BCUT2D eigenvalue weighted by Gasteiger charge is 2.58. The van der Waals surface area contributed by atoms with Crippen molar-refractivity contribution in [2.45, 2.75) is 51.3 Å². The second-order valence-corrected chi connectivity index (χ2v) is 9.82. The normalized spacial score (nSPS) is 22.0. The lowest BCUT2D eigenvalue weighted by atomic mass is 9.76. The maximum atomic E-state index is 13.1. The molecular formula is C26H30N2O6. The highest BCUT2D eigenvalue weighted by molar-refractivity contribution is 6.00.